The summed E-state index contributed by atoms with van der Waals surface area (Å²) in [6.07, 6.45) is 4.98. The molecule has 2 atom stereocenters. The molecule has 0 radical (unpaired) electrons. The van der Waals surface area contributed by atoms with Crippen LogP contribution in [0.5, 0.6) is 0 Å². The molecule has 0 bridgehead atoms. The van der Waals surface area contributed by atoms with Crippen LogP contribution in [0.1, 0.15) is 37.2 Å². The van der Waals surface area contributed by atoms with Crippen molar-refractivity contribution in [1.82, 2.24) is 19.7 Å². The van der Waals surface area contributed by atoms with Gasteiger partial charge in [0.25, 0.3) is 0 Å². The molecule has 1 N–H and O–H groups in total. The molecule has 4 rings (SSSR count). The number of pyridine rings is 1. The van der Waals surface area contributed by atoms with Gasteiger partial charge in [-0.1, -0.05) is 13.0 Å². The van der Waals surface area contributed by atoms with Crippen molar-refractivity contribution in [1.29, 1.82) is 0 Å². The first kappa shape index (κ1) is 13.2. The zero-order chi connectivity index (χ0) is 15.3. The molecule has 0 amide bonds. The van der Waals surface area contributed by atoms with Crippen LogP contribution in [0.2, 0.25) is 0 Å². The fraction of sp³-hybridized carbons (Fsp3) is 0.375. The average Bonchev–Trinajstić information content (AvgIpc) is 2.85. The molecular formula is C16H17N5O. The van der Waals surface area contributed by atoms with E-state index in [1.54, 1.807) is 17.1 Å². The first-order valence-electron chi connectivity index (χ1n) is 7.50. The smallest absolute Gasteiger partial charge is 0.226 e. The predicted octanol–water partition coefficient (Wildman–Crippen LogP) is 2.25. The zero-order valence-corrected chi connectivity index (χ0v) is 12.6. The van der Waals surface area contributed by atoms with Gasteiger partial charge in [0.15, 0.2) is 5.78 Å². The maximum Gasteiger partial charge on any atom is 0.226 e. The molecule has 22 heavy (non-hydrogen) atoms. The van der Waals surface area contributed by atoms with E-state index in [4.69, 9.17) is 0 Å². The standard InChI is InChI=1S/C16H17N5O/c1-9-6-12-14(13(22)7-9)15(11-4-3-5-17-8-11)21-16(19-12)18-10(2)20-21/h3-5,8-9,15H,6-7H2,1-2H3,(H,18,19,20)/t9-,15-/m0/s1. The Bertz CT molecular complexity index is 777. The number of nitrogens with zero attached hydrogens (tertiary/aromatic N) is 4. The lowest BCUT2D eigenvalue weighted by molar-refractivity contribution is -0.117. The number of hydrogen-bond donors (Lipinski definition) is 1. The summed E-state index contributed by atoms with van der Waals surface area (Å²) in [5.41, 5.74) is 2.76. The Labute approximate surface area is 128 Å². The molecule has 1 aliphatic heterocycles. The number of rotatable bonds is 1. The Morgan fingerprint density at radius 1 is 1.36 bits per heavy atom. The zero-order valence-electron chi connectivity index (χ0n) is 12.6. The normalized spacial score (nSPS) is 23.8. The third kappa shape index (κ3) is 1.94. The van der Waals surface area contributed by atoms with Crippen LogP contribution in [0.15, 0.2) is 35.8 Å². The number of anilines is 1. The van der Waals surface area contributed by atoms with Crippen LogP contribution in [0, 0.1) is 12.8 Å². The molecule has 2 aromatic heterocycles. The van der Waals surface area contributed by atoms with Gasteiger partial charge in [-0.2, -0.15) is 10.1 Å². The van der Waals surface area contributed by atoms with Crippen molar-refractivity contribution in [3.05, 3.63) is 47.2 Å². The van der Waals surface area contributed by atoms with E-state index in [2.05, 4.69) is 27.3 Å². The molecule has 2 aromatic rings. The van der Waals surface area contributed by atoms with Crippen molar-refractivity contribution in [2.45, 2.75) is 32.7 Å². The summed E-state index contributed by atoms with van der Waals surface area (Å²) in [4.78, 5) is 21.3. The fourth-order valence-electron chi connectivity index (χ4n) is 3.36. The van der Waals surface area contributed by atoms with E-state index in [1.807, 2.05) is 19.1 Å². The number of fused-ring (bicyclic) bond motifs is 1. The molecule has 2 aliphatic rings. The highest BCUT2D eigenvalue weighted by Gasteiger charge is 2.38. The molecule has 0 aromatic carbocycles. The van der Waals surface area contributed by atoms with E-state index < -0.39 is 0 Å². The minimum atomic E-state index is -0.235. The molecule has 3 heterocycles. The third-order valence-electron chi connectivity index (χ3n) is 4.23. The number of ketones is 1. The number of allylic oxidation sites excluding steroid dienone is 2. The molecule has 6 heteroatoms. The third-order valence-corrected chi connectivity index (χ3v) is 4.23. The summed E-state index contributed by atoms with van der Waals surface area (Å²) >= 11 is 0. The summed E-state index contributed by atoms with van der Waals surface area (Å²) in [6, 6.07) is 3.64. The molecule has 0 spiro atoms. The van der Waals surface area contributed by atoms with Gasteiger partial charge in [-0.15, -0.1) is 0 Å². The van der Waals surface area contributed by atoms with Gasteiger partial charge in [0, 0.05) is 30.1 Å². The van der Waals surface area contributed by atoms with Crippen molar-refractivity contribution >= 4 is 11.7 Å². The summed E-state index contributed by atoms with van der Waals surface area (Å²) in [7, 11) is 0. The van der Waals surface area contributed by atoms with Crippen LogP contribution in [0.25, 0.3) is 0 Å². The number of aromatic nitrogens is 4. The molecule has 0 saturated heterocycles. The second-order valence-corrected chi connectivity index (χ2v) is 6.07. The predicted molar refractivity (Wildman–Crippen MR) is 81.2 cm³/mol. The molecule has 0 fully saturated rings. The second kappa shape index (κ2) is 4.76. The highest BCUT2D eigenvalue weighted by molar-refractivity contribution is 5.99. The lowest BCUT2D eigenvalue weighted by Crippen LogP contribution is -2.33. The van der Waals surface area contributed by atoms with Crippen molar-refractivity contribution in [2.24, 2.45) is 5.92 Å². The quantitative estimate of drug-likeness (QED) is 0.873. The van der Waals surface area contributed by atoms with Gasteiger partial charge in [-0.05, 0) is 30.9 Å². The Morgan fingerprint density at radius 3 is 3.00 bits per heavy atom. The highest BCUT2D eigenvalue weighted by Crippen LogP contribution is 2.40. The van der Waals surface area contributed by atoms with Crippen molar-refractivity contribution in [3.63, 3.8) is 0 Å². The van der Waals surface area contributed by atoms with Gasteiger partial charge in [0.05, 0.1) is 0 Å². The fourth-order valence-corrected chi connectivity index (χ4v) is 3.36. The Morgan fingerprint density at radius 2 is 2.23 bits per heavy atom. The van der Waals surface area contributed by atoms with Crippen LogP contribution >= 0.6 is 0 Å². The van der Waals surface area contributed by atoms with Crippen LogP contribution in [0.3, 0.4) is 0 Å². The molecule has 0 unspecified atom stereocenters. The summed E-state index contributed by atoms with van der Waals surface area (Å²) in [6.45, 7) is 3.96. The molecule has 112 valence electrons. The number of carbonyl (C=O) groups is 1. The largest absolute Gasteiger partial charge is 0.328 e. The van der Waals surface area contributed by atoms with E-state index in [9.17, 15) is 4.79 Å². The van der Waals surface area contributed by atoms with Crippen molar-refractivity contribution in [3.8, 4) is 0 Å². The number of aryl methyl sites for hydroxylation is 1. The summed E-state index contributed by atoms with van der Waals surface area (Å²) in [5, 5.41) is 7.79. The van der Waals surface area contributed by atoms with Gasteiger partial charge >= 0.3 is 0 Å². The monoisotopic (exact) mass is 295 g/mol. The first-order valence-corrected chi connectivity index (χ1v) is 7.50. The van der Waals surface area contributed by atoms with Gasteiger partial charge in [0.2, 0.25) is 5.95 Å². The van der Waals surface area contributed by atoms with E-state index >= 15 is 0 Å². The van der Waals surface area contributed by atoms with E-state index in [1.165, 1.54) is 0 Å². The molecular weight excluding hydrogens is 278 g/mol. The Balaban J connectivity index is 1.92. The number of Topliss-reactive ketones (excluding diaryl/α,β-unsaturated/α-hetero) is 1. The van der Waals surface area contributed by atoms with Gasteiger partial charge in [0.1, 0.15) is 11.9 Å². The minimum Gasteiger partial charge on any atom is -0.328 e. The SMILES string of the molecule is Cc1nc2n(n1)[C@@H](c1cccnc1)C1=C(C[C@H](C)CC1=O)N2. The second-order valence-electron chi connectivity index (χ2n) is 6.07. The molecule has 0 saturated carbocycles. The highest BCUT2D eigenvalue weighted by atomic mass is 16.1. The lowest BCUT2D eigenvalue weighted by Gasteiger charge is -2.33. The maximum atomic E-state index is 12.7. The van der Waals surface area contributed by atoms with Gasteiger partial charge in [-0.25, -0.2) is 4.68 Å². The lowest BCUT2D eigenvalue weighted by atomic mass is 9.81. The van der Waals surface area contributed by atoms with E-state index in [0.29, 0.717) is 24.1 Å². The number of carbonyl (C=O) groups excluding carboxylic acids is 1. The number of hydrogen-bond acceptors (Lipinski definition) is 5. The van der Waals surface area contributed by atoms with Crippen LogP contribution in [-0.2, 0) is 4.79 Å². The number of nitrogens with one attached hydrogen (secondary N) is 1. The van der Waals surface area contributed by atoms with Gasteiger partial charge in [-0.3, -0.25) is 9.78 Å². The average molecular weight is 295 g/mol. The molecule has 1 aliphatic carbocycles. The van der Waals surface area contributed by atoms with E-state index in [-0.39, 0.29) is 11.8 Å². The minimum absolute atomic E-state index is 0.189. The topological polar surface area (TPSA) is 72.7 Å². The summed E-state index contributed by atoms with van der Waals surface area (Å²) < 4.78 is 1.80. The Kier molecular flexibility index (Phi) is 2.85. The van der Waals surface area contributed by atoms with Gasteiger partial charge < -0.3 is 5.32 Å². The van der Waals surface area contributed by atoms with Crippen LogP contribution < -0.4 is 5.32 Å². The van der Waals surface area contributed by atoms with Crippen LogP contribution in [-0.4, -0.2) is 25.5 Å². The van der Waals surface area contributed by atoms with E-state index in [0.717, 1.165) is 23.3 Å². The first-order chi connectivity index (χ1) is 10.6. The van der Waals surface area contributed by atoms with Crippen LogP contribution in [0.4, 0.5) is 5.95 Å². The summed E-state index contributed by atoms with van der Waals surface area (Å²) in [5.74, 6) is 1.93. The maximum absolute atomic E-state index is 12.7. The Hall–Kier alpha value is -2.50. The van der Waals surface area contributed by atoms with Crippen molar-refractivity contribution < 1.29 is 4.79 Å². The molecule has 6 nitrogen and oxygen atoms in total. The van der Waals surface area contributed by atoms with Crippen molar-refractivity contribution in [2.75, 3.05) is 5.32 Å².